The lowest BCUT2D eigenvalue weighted by Gasteiger charge is -2.31. The van der Waals surface area contributed by atoms with E-state index >= 15 is 0 Å². The third-order valence-corrected chi connectivity index (χ3v) is 7.91. The quantitative estimate of drug-likeness (QED) is 0.284. The SMILES string of the molecule is CCC(Nc1ccc(P)c(F)c1)c1nc2cc(-c3c(C)noc3C)ccc2n1C1CCC(OC)CC1. The van der Waals surface area contributed by atoms with Gasteiger partial charge >= 0.3 is 0 Å². The maximum absolute atomic E-state index is 14.3. The summed E-state index contributed by atoms with van der Waals surface area (Å²) in [6, 6.07) is 12.0. The Morgan fingerprint density at radius 1 is 1.17 bits per heavy atom. The van der Waals surface area contributed by atoms with Gasteiger partial charge in [-0.25, -0.2) is 9.37 Å². The molecule has 0 spiro atoms. The first kappa shape index (κ1) is 24.9. The summed E-state index contributed by atoms with van der Waals surface area (Å²) >= 11 is 0. The lowest BCUT2D eigenvalue weighted by molar-refractivity contribution is 0.0585. The van der Waals surface area contributed by atoms with E-state index in [2.05, 4.69) is 49.4 Å². The van der Waals surface area contributed by atoms with Crippen molar-refractivity contribution in [1.82, 2.24) is 14.7 Å². The molecule has 1 N–H and O–H groups in total. The van der Waals surface area contributed by atoms with E-state index < -0.39 is 0 Å². The lowest BCUT2D eigenvalue weighted by atomic mass is 9.92. The van der Waals surface area contributed by atoms with Crippen LogP contribution in [0.4, 0.5) is 10.1 Å². The molecule has 6 nitrogen and oxygen atoms in total. The van der Waals surface area contributed by atoms with Crippen LogP contribution in [0.25, 0.3) is 22.2 Å². The number of anilines is 1. The van der Waals surface area contributed by atoms with Crippen LogP contribution in [0, 0.1) is 19.7 Å². The van der Waals surface area contributed by atoms with Crippen LogP contribution in [-0.4, -0.2) is 27.9 Å². The highest BCUT2D eigenvalue weighted by Crippen LogP contribution is 2.38. The topological polar surface area (TPSA) is 65.1 Å². The Morgan fingerprint density at radius 3 is 2.58 bits per heavy atom. The predicted octanol–water partition coefficient (Wildman–Crippen LogP) is 6.64. The molecule has 2 heterocycles. The Labute approximate surface area is 213 Å². The summed E-state index contributed by atoms with van der Waals surface area (Å²) in [6.07, 6.45) is 5.27. The van der Waals surface area contributed by atoms with Gasteiger partial charge in [0.1, 0.15) is 17.4 Å². The monoisotopic (exact) mass is 508 g/mol. The highest BCUT2D eigenvalue weighted by atomic mass is 31.0. The molecule has 0 radical (unpaired) electrons. The van der Waals surface area contributed by atoms with Crippen LogP contribution in [0.15, 0.2) is 40.9 Å². The van der Waals surface area contributed by atoms with Crippen molar-refractivity contribution in [2.75, 3.05) is 12.4 Å². The first-order chi connectivity index (χ1) is 17.4. The van der Waals surface area contributed by atoms with Crippen molar-refractivity contribution in [3.8, 4) is 11.1 Å². The number of imidazole rings is 1. The second kappa shape index (κ2) is 10.3. The molecule has 1 fully saturated rings. The van der Waals surface area contributed by atoms with Crippen LogP contribution in [0.3, 0.4) is 0 Å². The first-order valence-electron chi connectivity index (χ1n) is 12.7. The summed E-state index contributed by atoms with van der Waals surface area (Å²) < 4.78 is 27.7. The van der Waals surface area contributed by atoms with Crippen LogP contribution in [-0.2, 0) is 4.74 Å². The Hall–Kier alpha value is -2.76. The van der Waals surface area contributed by atoms with Crippen molar-refractivity contribution in [1.29, 1.82) is 0 Å². The van der Waals surface area contributed by atoms with Crippen LogP contribution < -0.4 is 10.6 Å². The number of nitrogens with one attached hydrogen (secondary N) is 1. The Bertz CT molecular complexity index is 1350. The molecule has 2 unspecified atom stereocenters. The third-order valence-electron chi connectivity index (χ3n) is 7.44. The van der Waals surface area contributed by atoms with Gasteiger partial charge in [0.2, 0.25) is 0 Å². The smallest absolute Gasteiger partial charge is 0.141 e. The molecule has 1 aliphatic rings. The van der Waals surface area contributed by atoms with E-state index in [1.807, 2.05) is 19.9 Å². The minimum absolute atomic E-state index is 0.0604. The van der Waals surface area contributed by atoms with E-state index in [1.54, 1.807) is 19.2 Å². The van der Waals surface area contributed by atoms with Gasteiger partial charge in [-0.2, -0.15) is 0 Å². The number of benzene rings is 2. The second-order valence-corrected chi connectivity index (χ2v) is 10.4. The average molecular weight is 509 g/mol. The molecule has 0 amide bonds. The standard InChI is InChI=1S/C28H34FN4O2P/c1-5-23(30-19-7-13-26(36)22(29)15-19)28-31-24-14-18(27-16(2)32-35-17(27)3)6-12-25(24)33(28)20-8-10-21(34-4)11-9-20/h6-7,12-15,20-21,23,30H,5,8-11,36H2,1-4H3. The fraction of sp³-hybridized carbons (Fsp3) is 0.429. The fourth-order valence-electron chi connectivity index (χ4n) is 5.50. The highest BCUT2D eigenvalue weighted by molar-refractivity contribution is 7.27. The molecule has 0 saturated heterocycles. The molecule has 1 aliphatic carbocycles. The van der Waals surface area contributed by atoms with E-state index in [-0.39, 0.29) is 11.9 Å². The number of nitrogens with zero attached hydrogens (tertiary/aromatic N) is 3. The molecule has 0 bridgehead atoms. The van der Waals surface area contributed by atoms with Crippen molar-refractivity contribution in [2.45, 2.75) is 71.1 Å². The molecule has 0 aliphatic heterocycles. The van der Waals surface area contributed by atoms with Crippen molar-refractivity contribution in [3.05, 3.63) is 59.5 Å². The Kier molecular flexibility index (Phi) is 7.14. The fourth-order valence-corrected chi connectivity index (χ4v) is 5.68. The van der Waals surface area contributed by atoms with Crippen LogP contribution in [0.5, 0.6) is 0 Å². The zero-order chi connectivity index (χ0) is 25.4. The van der Waals surface area contributed by atoms with Gasteiger partial charge in [-0.1, -0.05) is 24.2 Å². The van der Waals surface area contributed by atoms with Crippen molar-refractivity contribution in [2.24, 2.45) is 0 Å². The number of aryl methyl sites for hydroxylation is 2. The van der Waals surface area contributed by atoms with Crippen LogP contribution in [0.1, 0.15) is 68.4 Å². The zero-order valence-corrected chi connectivity index (χ0v) is 22.5. The van der Waals surface area contributed by atoms with E-state index in [4.69, 9.17) is 14.2 Å². The number of methoxy groups -OCH3 is 1. The summed E-state index contributed by atoms with van der Waals surface area (Å²) in [4.78, 5) is 5.18. The highest BCUT2D eigenvalue weighted by Gasteiger charge is 2.28. The van der Waals surface area contributed by atoms with Crippen molar-refractivity contribution >= 4 is 31.3 Å². The summed E-state index contributed by atoms with van der Waals surface area (Å²) in [7, 11) is 4.23. The normalized spacial score (nSPS) is 19.1. The minimum Gasteiger partial charge on any atom is -0.381 e. The molecule has 36 heavy (non-hydrogen) atoms. The number of aromatic nitrogens is 3. The average Bonchev–Trinajstić information content (AvgIpc) is 3.43. The van der Waals surface area contributed by atoms with Crippen molar-refractivity contribution < 1.29 is 13.7 Å². The molecule has 190 valence electrons. The number of hydrogen-bond donors (Lipinski definition) is 1. The molecule has 2 atom stereocenters. The molecule has 4 aromatic rings. The molecule has 8 heteroatoms. The van der Waals surface area contributed by atoms with Gasteiger partial charge < -0.3 is 19.1 Å². The van der Waals surface area contributed by atoms with E-state index in [1.165, 1.54) is 0 Å². The molecule has 2 aromatic carbocycles. The molecule has 2 aromatic heterocycles. The number of fused-ring (bicyclic) bond motifs is 1. The maximum Gasteiger partial charge on any atom is 0.141 e. The number of ether oxygens (including phenoxy) is 1. The molecule has 5 rings (SSSR count). The summed E-state index contributed by atoms with van der Waals surface area (Å²) in [5.74, 6) is 1.55. The maximum atomic E-state index is 14.3. The van der Waals surface area contributed by atoms with Gasteiger partial charge in [-0.3, -0.25) is 0 Å². The molecular weight excluding hydrogens is 474 g/mol. The Balaban J connectivity index is 1.59. The third kappa shape index (κ3) is 4.67. The van der Waals surface area contributed by atoms with E-state index in [9.17, 15) is 4.39 Å². The van der Waals surface area contributed by atoms with Gasteiger partial charge in [0.15, 0.2) is 0 Å². The van der Waals surface area contributed by atoms with E-state index in [0.717, 1.165) is 77.2 Å². The second-order valence-electron chi connectivity index (χ2n) is 9.75. The summed E-state index contributed by atoms with van der Waals surface area (Å²) in [6.45, 7) is 6.04. The number of hydrogen-bond acceptors (Lipinski definition) is 5. The predicted molar refractivity (Wildman–Crippen MR) is 145 cm³/mol. The van der Waals surface area contributed by atoms with Crippen LogP contribution >= 0.6 is 9.24 Å². The van der Waals surface area contributed by atoms with Gasteiger partial charge in [-0.05, 0) is 75.8 Å². The first-order valence-corrected chi connectivity index (χ1v) is 13.3. The summed E-state index contributed by atoms with van der Waals surface area (Å²) in [5, 5.41) is 8.24. The largest absolute Gasteiger partial charge is 0.381 e. The van der Waals surface area contributed by atoms with Gasteiger partial charge in [0, 0.05) is 29.7 Å². The van der Waals surface area contributed by atoms with Gasteiger partial charge in [0.25, 0.3) is 0 Å². The number of halogens is 1. The lowest BCUT2D eigenvalue weighted by Crippen LogP contribution is -2.25. The van der Waals surface area contributed by atoms with Gasteiger partial charge in [0.05, 0.1) is 28.9 Å². The summed E-state index contributed by atoms with van der Waals surface area (Å²) in [5.41, 5.74) is 5.76. The van der Waals surface area contributed by atoms with Crippen LogP contribution in [0.2, 0.25) is 0 Å². The minimum atomic E-state index is -0.240. The molecular formula is C28H34FN4O2P. The Morgan fingerprint density at radius 2 is 1.94 bits per heavy atom. The number of rotatable bonds is 7. The zero-order valence-electron chi connectivity index (χ0n) is 21.3. The van der Waals surface area contributed by atoms with E-state index in [0.29, 0.717) is 17.5 Å². The van der Waals surface area contributed by atoms with Gasteiger partial charge in [-0.15, -0.1) is 9.24 Å². The van der Waals surface area contributed by atoms with Crippen molar-refractivity contribution in [3.63, 3.8) is 0 Å². The molecule has 1 saturated carbocycles.